The smallest absolute Gasteiger partial charge is 0.352 e. The number of nitrogens with zero attached hydrogens (tertiary/aromatic N) is 1. The van der Waals surface area contributed by atoms with Gasteiger partial charge in [-0.3, -0.25) is 0 Å². The van der Waals surface area contributed by atoms with Gasteiger partial charge in [-0.2, -0.15) is 0 Å². The van der Waals surface area contributed by atoms with E-state index in [1.165, 1.54) is 5.56 Å². The highest BCUT2D eigenvalue weighted by atomic mass is 16.4. The lowest BCUT2D eigenvalue weighted by atomic mass is 9.97. The molecule has 0 radical (unpaired) electrons. The van der Waals surface area contributed by atoms with Crippen molar-refractivity contribution in [1.29, 1.82) is 0 Å². The van der Waals surface area contributed by atoms with Gasteiger partial charge in [0.15, 0.2) is 0 Å². The number of hydrogen-bond acceptors (Lipinski definition) is 1. The Balaban J connectivity index is 2.35. The molecule has 1 unspecified atom stereocenters. The summed E-state index contributed by atoms with van der Waals surface area (Å²) in [6, 6.07) is 11.8. The average Bonchev–Trinajstić information content (AvgIpc) is 2.80. The van der Waals surface area contributed by atoms with E-state index in [9.17, 15) is 4.79 Å². The van der Waals surface area contributed by atoms with Crippen molar-refractivity contribution in [3.8, 4) is 11.3 Å². The number of carbonyl (C=O) groups is 1. The molecule has 0 amide bonds. The van der Waals surface area contributed by atoms with Crippen molar-refractivity contribution in [2.45, 2.75) is 26.2 Å². The fourth-order valence-electron chi connectivity index (χ4n) is 2.23. The fourth-order valence-corrected chi connectivity index (χ4v) is 2.23. The van der Waals surface area contributed by atoms with Gasteiger partial charge in [-0.1, -0.05) is 38.1 Å². The summed E-state index contributed by atoms with van der Waals surface area (Å²) in [5.74, 6) is -0.345. The van der Waals surface area contributed by atoms with Crippen LogP contribution in [0.5, 0.6) is 0 Å². The first kappa shape index (κ1) is 13.4. The highest BCUT2D eigenvalue weighted by molar-refractivity contribution is 5.87. The molecule has 0 fully saturated rings. The molecule has 0 aliphatic heterocycles. The third kappa shape index (κ3) is 2.55. The maximum Gasteiger partial charge on any atom is 0.352 e. The molecule has 1 N–H and O–H groups in total. The van der Waals surface area contributed by atoms with Gasteiger partial charge in [0.1, 0.15) is 5.69 Å². The van der Waals surface area contributed by atoms with Gasteiger partial charge in [-0.05, 0) is 35.6 Å². The largest absolute Gasteiger partial charge is 0.477 e. The molecular formula is C16H19NO2. The summed E-state index contributed by atoms with van der Waals surface area (Å²) in [4.78, 5) is 11.0. The number of carboxylic acids is 1. The van der Waals surface area contributed by atoms with Crippen LogP contribution in [0.4, 0.5) is 0 Å². The third-order valence-electron chi connectivity index (χ3n) is 3.73. The van der Waals surface area contributed by atoms with E-state index in [4.69, 9.17) is 5.11 Å². The average molecular weight is 257 g/mol. The predicted molar refractivity (Wildman–Crippen MR) is 76.5 cm³/mol. The van der Waals surface area contributed by atoms with Gasteiger partial charge in [0, 0.05) is 12.7 Å². The maximum absolute atomic E-state index is 11.0. The van der Waals surface area contributed by atoms with Crippen molar-refractivity contribution in [1.82, 2.24) is 4.57 Å². The topological polar surface area (TPSA) is 42.2 Å². The molecule has 0 aliphatic carbocycles. The molecule has 100 valence electrons. The van der Waals surface area contributed by atoms with Crippen LogP contribution in [0, 0.1) is 0 Å². The lowest BCUT2D eigenvalue weighted by Gasteiger charge is -2.10. The summed E-state index contributed by atoms with van der Waals surface area (Å²) >= 11 is 0. The standard InChI is InChI=1S/C16H19NO2/c1-4-11(2)12-5-7-13(8-6-12)14-9-10-15(16(18)19)17(14)3/h5-11H,4H2,1-3H3,(H,18,19). The van der Waals surface area contributed by atoms with Crippen LogP contribution in [0.2, 0.25) is 0 Å². The predicted octanol–water partition coefficient (Wildman–Crippen LogP) is 3.90. The monoisotopic (exact) mass is 257 g/mol. The van der Waals surface area contributed by atoms with E-state index in [1.807, 2.05) is 6.07 Å². The summed E-state index contributed by atoms with van der Waals surface area (Å²) in [7, 11) is 1.78. The number of hydrogen-bond donors (Lipinski definition) is 1. The first-order valence-electron chi connectivity index (χ1n) is 6.54. The van der Waals surface area contributed by atoms with Crippen LogP contribution in [0.25, 0.3) is 11.3 Å². The van der Waals surface area contributed by atoms with Crippen LogP contribution in [-0.4, -0.2) is 15.6 Å². The molecule has 0 bridgehead atoms. The molecule has 2 rings (SSSR count). The summed E-state index contributed by atoms with van der Waals surface area (Å²) in [5, 5.41) is 9.05. The first-order chi connectivity index (χ1) is 9.04. The van der Waals surface area contributed by atoms with Crippen molar-refractivity contribution < 1.29 is 9.90 Å². The van der Waals surface area contributed by atoms with E-state index in [0.29, 0.717) is 11.6 Å². The Labute approximate surface area is 113 Å². The second-order valence-electron chi connectivity index (χ2n) is 4.90. The van der Waals surface area contributed by atoms with Crippen LogP contribution >= 0.6 is 0 Å². The molecule has 1 atom stereocenters. The molecule has 1 aromatic heterocycles. The molecule has 0 saturated heterocycles. The quantitative estimate of drug-likeness (QED) is 0.902. The molecule has 2 aromatic rings. The van der Waals surface area contributed by atoms with Crippen LogP contribution in [0.3, 0.4) is 0 Å². The van der Waals surface area contributed by atoms with Crippen LogP contribution in [0.15, 0.2) is 36.4 Å². The highest BCUT2D eigenvalue weighted by Crippen LogP contribution is 2.25. The van der Waals surface area contributed by atoms with E-state index >= 15 is 0 Å². The molecule has 1 heterocycles. The number of aromatic carboxylic acids is 1. The molecular weight excluding hydrogens is 238 g/mol. The van der Waals surface area contributed by atoms with E-state index < -0.39 is 5.97 Å². The Kier molecular flexibility index (Phi) is 3.74. The van der Waals surface area contributed by atoms with Crippen LogP contribution < -0.4 is 0 Å². The van der Waals surface area contributed by atoms with E-state index in [1.54, 1.807) is 17.7 Å². The van der Waals surface area contributed by atoms with Crippen molar-refractivity contribution in [3.63, 3.8) is 0 Å². The Hall–Kier alpha value is -2.03. The zero-order valence-electron chi connectivity index (χ0n) is 11.6. The number of rotatable bonds is 4. The van der Waals surface area contributed by atoms with E-state index in [-0.39, 0.29) is 0 Å². The molecule has 1 aromatic carbocycles. The Morgan fingerprint density at radius 1 is 1.21 bits per heavy atom. The van der Waals surface area contributed by atoms with Gasteiger partial charge in [0.25, 0.3) is 0 Å². The van der Waals surface area contributed by atoms with Gasteiger partial charge in [0.05, 0.1) is 0 Å². The molecule has 0 spiro atoms. The fraction of sp³-hybridized carbons (Fsp3) is 0.312. The van der Waals surface area contributed by atoms with Crippen LogP contribution in [-0.2, 0) is 7.05 Å². The molecule has 0 aliphatic rings. The second-order valence-corrected chi connectivity index (χ2v) is 4.90. The lowest BCUT2D eigenvalue weighted by molar-refractivity contribution is 0.0687. The number of carboxylic acid groups (broad SMARTS) is 1. The minimum Gasteiger partial charge on any atom is -0.477 e. The Morgan fingerprint density at radius 3 is 2.32 bits per heavy atom. The SMILES string of the molecule is CCC(C)c1ccc(-c2ccc(C(=O)O)n2C)cc1. The number of benzene rings is 1. The molecule has 0 saturated carbocycles. The van der Waals surface area contributed by atoms with Gasteiger partial charge >= 0.3 is 5.97 Å². The van der Waals surface area contributed by atoms with Crippen LogP contribution in [0.1, 0.15) is 42.2 Å². The van der Waals surface area contributed by atoms with Crippen molar-refractivity contribution in [2.24, 2.45) is 7.05 Å². The van der Waals surface area contributed by atoms with Crippen molar-refractivity contribution in [3.05, 3.63) is 47.7 Å². The van der Waals surface area contributed by atoms with Gasteiger partial charge in [0.2, 0.25) is 0 Å². The maximum atomic E-state index is 11.0. The summed E-state index contributed by atoms with van der Waals surface area (Å²) in [5.41, 5.74) is 3.59. The molecule has 3 heteroatoms. The van der Waals surface area contributed by atoms with Gasteiger partial charge in [-0.15, -0.1) is 0 Å². The van der Waals surface area contributed by atoms with Gasteiger partial charge < -0.3 is 9.67 Å². The zero-order valence-corrected chi connectivity index (χ0v) is 11.6. The molecule has 19 heavy (non-hydrogen) atoms. The van der Waals surface area contributed by atoms with E-state index in [2.05, 4.69) is 38.1 Å². The summed E-state index contributed by atoms with van der Waals surface area (Å²) in [6.07, 6.45) is 1.12. The second kappa shape index (κ2) is 5.31. The highest BCUT2D eigenvalue weighted by Gasteiger charge is 2.12. The van der Waals surface area contributed by atoms with Crippen molar-refractivity contribution in [2.75, 3.05) is 0 Å². The van der Waals surface area contributed by atoms with Gasteiger partial charge in [-0.25, -0.2) is 4.79 Å². The number of aromatic nitrogens is 1. The summed E-state index contributed by atoms with van der Waals surface area (Å²) in [6.45, 7) is 4.38. The minimum atomic E-state index is -0.898. The normalized spacial score (nSPS) is 12.4. The first-order valence-corrected chi connectivity index (χ1v) is 6.54. The minimum absolute atomic E-state index is 0.306. The molecule has 3 nitrogen and oxygen atoms in total. The summed E-state index contributed by atoms with van der Waals surface area (Å²) < 4.78 is 1.71. The Bertz CT molecular complexity index is 581. The van der Waals surface area contributed by atoms with E-state index in [0.717, 1.165) is 17.7 Å². The Morgan fingerprint density at radius 2 is 1.84 bits per heavy atom. The zero-order chi connectivity index (χ0) is 14.0. The third-order valence-corrected chi connectivity index (χ3v) is 3.73. The lowest BCUT2D eigenvalue weighted by Crippen LogP contribution is -2.05. The van der Waals surface area contributed by atoms with Crippen molar-refractivity contribution >= 4 is 5.97 Å².